The van der Waals surface area contributed by atoms with Crippen molar-refractivity contribution in [2.75, 3.05) is 26.4 Å². The lowest BCUT2D eigenvalue weighted by atomic mass is 9.91. The summed E-state index contributed by atoms with van der Waals surface area (Å²) in [6, 6.07) is 8.83. The SMILES string of the molecule is CCOCCOc1ccc(C2NNC(CN)C2C)cc1. The molecule has 1 aliphatic heterocycles. The molecular weight excluding hydrogens is 254 g/mol. The zero-order chi connectivity index (χ0) is 14.4. The van der Waals surface area contributed by atoms with Crippen molar-refractivity contribution in [1.29, 1.82) is 0 Å². The van der Waals surface area contributed by atoms with Crippen molar-refractivity contribution >= 4 is 0 Å². The van der Waals surface area contributed by atoms with Crippen LogP contribution in [0.3, 0.4) is 0 Å². The molecule has 1 saturated heterocycles. The number of hydrazine groups is 1. The molecule has 1 heterocycles. The summed E-state index contributed by atoms with van der Waals surface area (Å²) < 4.78 is 10.9. The van der Waals surface area contributed by atoms with Crippen LogP contribution in [-0.4, -0.2) is 32.4 Å². The molecule has 3 atom stereocenters. The van der Waals surface area contributed by atoms with E-state index in [-0.39, 0.29) is 0 Å². The molecule has 2 rings (SSSR count). The first kappa shape index (κ1) is 15.3. The lowest BCUT2D eigenvalue weighted by molar-refractivity contribution is 0.110. The number of hydrogen-bond donors (Lipinski definition) is 3. The molecule has 0 amide bonds. The second kappa shape index (κ2) is 7.59. The summed E-state index contributed by atoms with van der Waals surface area (Å²) >= 11 is 0. The van der Waals surface area contributed by atoms with Crippen molar-refractivity contribution in [3.63, 3.8) is 0 Å². The van der Waals surface area contributed by atoms with Crippen molar-refractivity contribution in [1.82, 2.24) is 10.9 Å². The Bertz CT molecular complexity index is 397. The summed E-state index contributed by atoms with van der Waals surface area (Å²) in [7, 11) is 0. The van der Waals surface area contributed by atoms with Crippen molar-refractivity contribution in [2.24, 2.45) is 11.7 Å². The van der Waals surface area contributed by atoms with E-state index in [4.69, 9.17) is 15.2 Å². The van der Waals surface area contributed by atoms with Gasteiger partial charge in [0.2, 0.25) is 0 Å². The van der Waals surface area contributed by atoms with Crippen LogP contribution in [0, 0.1) is 5.92 Å². The van der Waals surface area contributed by atoms with E-state index >= 15 is 0 Å². The molecule has 1 aliphatic rings. The van der Waals surface area contributed by atoms with Crippen LogP contribution in [-0.2, 0) is 4.74 Å². The van der Waals surface area contributed by atoms with Crippen molar-refractivity contribution in [2.45, 2.75) is 25.9 Å². The standard InChI is InChI=1S/C15H25N3O2/c1-3-19-8-9-20-13-6-4-12(5-7-13)15-11(2)14(10-16)17-18-15/h4-7,11,14-15,17-18H,3,8-10,16H2,1-2H3. The average Bonchev–Trinajstić information content (AvgIpc) is 2.85. The molecule has 1 aromatic rings. The van der Waals surface area contributed by atoms with Crippen molar-refractivity contribution in [3.05, 3.63) is 29.8 Å². The number of ether oxygens (including phenoxy) is 2. The van der Waals surface area contributed by atoms with Crippen LogP contribution < -0.4 is 21.3 Å². The third-order valence-corrected chi connectivity index (χ3v) is 3.78. The molecule has 0 radical (unpaired) electrons. The third-order valence-electron chi connectivity index (χ3n) is 3.78. The Balaban J connectivity index is 1.88. The van der Waals surface area contributed by atoms with Gasteiger partial charge in [-0.05, 0) is 30.5 Å². The van der Waals surface area contributed by atoms with E-state index in [9.17, 15) is 0 Å². The van der Waals surface area contributed by atoms with Crippen LogP contribution in [0.5, 0.6) is 5.75 Å². The Morgan fingerprint density at radius 3 is 2.50 bits per heavy atom. The lowest BCUT2D eigenvalue weighted by Gasteiger charge is -2.18. The van der Waals surface area contributed by atoms with Crippen molar-refractivity contribution in [3.8, 4) is 5.75 Å². The van der Waals surface area contributed by atoms with E-state index in [0.29, 0.717) is 37.8 Å². The van der Waals surface area contributed by atoms with E-state index in [0.717, 1.165) is 12.4 Å². The fourth-order valence-electron chi connectivity index (χ4n) is 2.49. The van der Waals surface area contributed by atoms with E-state index in [1.54, 1.807) is 0 Å². The predicted octanol–water partition coefficient (Wildman–Crippen LogP) is 1.21. The fraction of sp³-hybridized carbons (Fsp3) is 0.600. The first-order chi connectivity index (χ1) is 9.76. The summed E-state index contributed by atoms with van der Waals surface area (Å²) in [5.41, 5.74) is 13.5. The molecule has 0 aromatic heterocycles. The molecule has 0 aliphatic carbocycles. The van der Waals surface area contributed by atoms with Crippen LogP contribution >= 0.6 is 0 Å². The van der Waals surface area contributed by atoms with Crippen molar-refractivity contribution < 1.29 is 9.47 Å². The molecule has 5 nitrogen and oxygen atoms in total. The number of rotatable bonds is 7. The molecular formula is C15H25N3O2. The molecule has 20 heavy (non-hydrogen) atoms. The monoisotopic (exact) mass is 279 g/mol. The summed E-state index contributed by atoms with van der Waals surface area (Å²) in [4.78, 5) is 0. The van der Waals surface area contributed by atoms with E-state index in [1.807, 2.05) is 19.1 Å². The van der Waals surface area contributed by atoms with Gasteiger partial charge in [-0.3, -0.25) is 5.43 Å². The van der Waals surface area contributed by atoms with E-state index in [2.05, 4.69) is 29.9 Å². The van der Waals surface area contributed by atoms with Crippen LogP contribution in [0.1, 0.15) is 25.5 Å². The van der Waals surface area contributed by atoms with Gasteiger partial charge in [-0.15, -0.1) is 0 Å². The molecule has 0 bridgehead atoms. The van der Waals surface area contributed by atoms with E-state index in [1.165, 1.54) is 5.56 Å². The minimum Gasteiger partial charge on any atom is -0.491 e. The number of nitrogens with two attached hydrogens (primary N) is 1. The predicted molar refractivity (Wildman–Crippen MR) is 79.4 cm³/mol. The first-order valence-corrected chi connectivity index (χ1v) is 7.28. The molecule has 1 fully saturated rings. The van der Waals surface area contributed by atoms with Gasteiger partial charge in [0.05, 0.1) is 12.6 Å². The minimum atomic E-state index is 0.293. The number of benzene rings is 1. The highest BCUT2D eigenvalue weighted by atomic mass is 16.5. The normalized spacial score (nSPS) is 25.9. The summed E-state index contributed by atoms with van der Waals surface area (Å²) in [6.07, 6.45) is 0. The Kier molecular flexibility index (Phi) is 5.79. The maximum atomic E-state index is 5.73. The largest absolute Gasteiger partial charge is 0.491 e. The molecule has 4 N–H and O–H groups in total. The summed E-state index contributed by atoms with van der Waals surface area (Å²) in [5, 5.41) is 0. The van der Waals surface area contributed by atoms with Gasteiger partial charge in [0.15, 0.2) is 0 Å². The average molecular weight is 279 g/mol. The van der Waals surface area contributed by atoms with Crippen LogP contribution in [0.2, 0.25) is 0 Å². The van der Waals surface area contributed by atoms with E-state index < -0.39 is 0 Å². The second-order valence-corrected chi connectivity index (χ2v) is 5.08. The summed E-state index contributed by atoms with van der Waals surface area (Å²) in [6.45, 7) is 6.77. The third kappa shape index (κ3) is 3.70. The molecule has 1 aromatic carbocycles. The fourth-order valence-corrected chi connectivity index (χ4v) is 2.49. The molecule has 3 unspecified atom stereocenters. The lowest BCUT2D eigenvalue weighted by Crippen LogP contribution is -2.37. The van der Waals surface area contributed by atoms with Gasteiger partial charge in [0.25, 0.3) is 0 Å². The van der Waals surface area contributed by atoms with Gasteiger partial charge in [-0.25, -0.2) is 5.43 Å². The van der Waals surface area contributed by atoms with Crippen LogP contribution in [0.25, 0.3) is 0 Å². The highest BCUT2D eigenvalue weighted by Crippen LogP contribution is 2.28. The number of nitrogens with one attached hydrogen (secondary N) is 2. The first-order valence-electron chi connectivity index (χ1n) is 7.28. The number of hydrogen-bond acceptors (Lipinski definition) is 5. The van der Waals surface area contributed by atoms with Gasteiger partial charge >= 0.3 is 0 Å². The highest BCUT2D eigenvalue weighted by Gasteiger charge is 2.32. The smallest absolute Gasteiger partial charge is 0.119 e. The van der Waals surface area contributed by atoms with Gasteiger partial charge in [-0.1, -0.05) is 19.1 Å². The quantitative estimate of drug-likeness (QED) is 0.655. The van der Waals surface area contributed by atoms with Gasteiger partial charge in [0, 0.05) is 19.2 Å². The molecule has 112 valence electrons. The summed E-state index contributed by atoms with van der Waals surface area (Å²) in [5.74, 6) is 1.34. The zero-order valence-electron chi connectivity index (χ0n) is 12.3. The Morgan fingerprint density at radius 2 is 1.90 bits per heavy atom. The van der Waals surface area contributed by atoms with Gasteiger partial charge < -0.3 is 15.2 Å². The topological polar surface area (TPSA) is 68.5 Å². The Morgan fingerprint density at radius 1 is 1.15 bits per heavy atom. The minimum absolute atomic E-state index is 0.293. The zero-order valence-corrected chi connectivity index (χ0v) is 12.3. The highest BCUT2D eigenvalue weighted by molar-refractivity contribution is 5.30. The Labute approximate surface area is 120 Å². The maximum absolute atomic E-state index is 5.73. The molecule has 5 heteroatoms. The second-order valence-electron chi connectivity index (χ2n) is 5.08. The maximum Gasteiger partial charge on any atom is 0.119 e. The molecule has 0 spiro atoms. The van der Waals surface area contributed by atoms with Crippen LogP contribution in [0.15, 0.2) is 24.3 Å². The van der Waals surface area contributed by atoms with Gasteiger partial charge in [0.1, 0.15) is 12.4 Å². The molecule has 0 saturated carbocycles. The Hall–Kier alpha value is -1.14. The van der Waals surface area contributed by atoms with Gasteiger partial charge in [-0.2, -0.15) is 0 Å². The van der Waals surface area contributed by atoms with Crippen LogP contribution in [0.4, 0.5) is 0 Å².